The Bertz CT molecular complexity index is 971. The molecular weight excluding hydrogens is 373 g/mol. The van der Waals surface area contributed by atoms with Crippen LogP contribution in [0.5, 0.6) is 0 Å². The van der Waals surface area contributed by atoms with Gasteiger partial charge in [0.15, 0.2) is 17.5 Å². The van der Waals surface area contributed by atoms with Gasteiger partial charge in [0.25, 0.3) is 0 Å². The first kappa shape index (κ1) is 19.9. The average Bonchev–Trinajstić information content (AvgIpc) is 2.82. The number of halogens is 3. The van der Waals surface area contributed by atoms with Gasteiger partial charge in [-0.2, -0.15) is 5.10 Å². The van der Waals surface area contributed by atoms with Crippen molar-refractivity contribution in [3.63, 3.8) is 0 Å². The van der Waals surface area contributed by atoms with Gasteiger partial charge in [-0.15, -0.1) is 0 Å². The second-order valence-electron chi connectivity index (χ2n) is 5.72. The summed E-state index contributed by atoms with van der Waals surface area (Å²) < 4.78 is 66.5. The number of anilines is 1. The number of nitrogens with zero attached hydrogens (tertiary/aromatic N) is 3. The van der Waals surface area contributed by atoms with Crippen LogP contribution in [-0.2, 0) is 21.4 Å². The van der Waals surface area contributed by atoms with Gasteiger partial charge < -0.3 is 5.32 Å². The Morgan fingerprint density at radius 2 is 1.81 bits per heavy atom. The number of hydrogen-bond donors (Lipinski definition) is 1. The molecule has 0 atom stereocenters. The van der Waals surface area contributed by atoms with Gasteiger partial charge in [-0.1, -0.05) is 0 Å². The Morgan fingerprint density at radius 1 is 1.19 bits per heavy atom. The quantitative estimate of drug-likeness (QED) is 0.790. The Hall–Kier alpha value is -2.40. The van der Waals surface area contributed by atoms with Crippen molar-refractivity contribution in [2.45, 2.75) is 25.3 Å². The van der Waals surface area contributed by atoms with Crippen LogP contribution in [0.15, 0.2) is 17.0 Å². The third-order valence-electron chi connectivity index (χ3n) is 3.66. The summed E-state index contributed by atoms with van der Waals surface area (Å²) in [5.41, 5.74) is -0.114. The predicted octanol–water partition coefficient (Wildman–Crippen LogP) is 1.81. The number of sulfonamides is 1. The number of aromatic nitrogens is 2. The van der Waals surface area contributed by atoms with Crippen molar-refractivity contribution in [3.8, 4) is 0 Å². The third kappa shape index (κ3) is 3.58. The third-order valence-corrected chi connectivity index (χ3v) is 5.72. The van der Waals surface area contributed by atoms with Gasteiger partial charge in [-0.25, -0.2) is 25.9 Å². The van der Waals surface area contributed by atoms with E-state index in [0.29, 0.717) is 6.07 Å². The highest BCUT2D eigenvalue weighted by atomic mass is 32.2. The fraction of sp³-hybridized carbons (Fsp3) is 0.333. The van der Waals surface area contributed by atoms with Gasteiger partial charge in [0.05, 0.1) is 17.1 Å². The van der Waals surface area contributed by atoms with E-state index in [9.17, 15) is 26.4 Å². The molecule has 2 rings (SSSR count). The number of benzene rings is 1. The molecule has 1 aromatic carbocycles. The highest BCUT2D eigenvalue weighted by molar-refractivity contribution is 7.89. The fourth-order valence-electron chi connectivity index (χ4n) is 2.34. The van der Waals surface area contributed by atoms with E-state index in [-0.39, 0.29) is 16.3 Å². The molecule has 0 aliphatic carbocycles. The monoisotopic (exact) mass is 390 g/mol. The Balaban J connectivity index is 2.28. The first-order valence-electron chi connectivity index (χ1n) is 7.36. The smallest absolute Gasteiger partial charge is 0.246 e. The van der Waals surface area contributed by atoms with Crippen LogP contribution in [0.3, 0.4) is 0 Å². The number of aryl methyl sites for hydroxylation is 1. The van der Waals surface area contributed by atoms with Crippen LogP contribution in [0, 0.1) is 31.3 Å². The average molecular weight is 390 g/mol. The highest BCUT2D eigenvalue weighted by Gasteiger charge is 2.27. The molecule has 0 spiro atoms. The van der Waals surface area contributed by atoms with Gasteiger partial charge in [0.1, 0.15) is 11.4 Å². The summed E-state index contributed by atoms with van der Waals surface area (Å²) in [6, 6.07) is 1.56. The van der Waals surface area contributed by atoms with Crippen LogP contribution >= 0.6 is 0 Å². The predicted molar refractivity (Wildman–Crippen MR) is 87.5 cm³/mol. The molecular formula is C15H17F3N4O3S. The van der Waals surface area contributed by atoms with Gasteiger partial charge in [0.2, 0.25) is 15.9 Å². The van der Waals surface area contributed by atoms with E-state index < -0.39 is 45.6 Å². The molecule has 0 radical (unpaired) electrons. The molecule has 142 valence electrons. The molecule has 0 aliphatic rings. The van der Waals surface area contributed by atoms with Crippen molar-refractivity contribution in [1.82, 2.24) is 14.1 Å². The van der Waals surface area contributed by atoms with Gasteiger partial charge in [-0.05, 0) is 26.0 Å². The topological polar surface area (TPSA) is 84.3 Å². The molecule has 1 aromatic heterocycles. The summed E-state index contributed by atoms with van der Waals surface area (Å²) in [4.78, 5) is 12.0. The van der Waals surface area contributed by atoms with E-state index in [4.69, 9.17) is 0 Å². The van der Waals surface area contributed by atoms with Crippen molar-refractivity contribution < 1.29 is 26.4 Å². The van der Waals surface area contributed by atoms with Crippen LogP contribution in [0.2, 0.25) is 0 Å². The molecule has 26 heavy (non-hydrogen) atoms. The lowest BCUT2D eigenvalue weighted by Crippen LogP contribution is -2.24. The largest absolute Gasteiger partial charge is 0.322 e. The van der Waals surface area contributed by atoms with Crippen molar-refractivity contribution in [2.75, 3.05) is 19.4 Å². The lowest BCUT2D eigenvalue weighted by atomic mass is 10.2. The normalized spacial score (nSPS) is 11.8. The van der Waals surface area contributed by atoms with Crippen molar-refractivity contribution in [2.24, 2.45) is 0 Å². The van der Waals surface area contributed by atoms with Crippen molar-refractivity contribution >= 4 is 21.6 Å². The molecule has 11 heteroatoms. The number of carbonyl (C=O) groups excluding carboxylic acids is 1. The maximum atomic E-state index is 13.6. The van der Waals surface area contributed by atoms with Crippen LogP contribution in [0.1, 0.15) is 11.4 Å². The molecule has 0 unspecified atom stereocenters. The first-order chi connectivity index (χ1) is 12.0. The van der Waals surface area contributed by atoms with E-state index >= 15 is 0 Å². The molecule has 0 bridgehead atoms. The molecule has 0 saturated carbocycles. The highest BCUT2D eigenvalue weighted by Crippen LogP contribution is 2.23. The summed E-state index contributed by atoms with van der Waals surface area (Å²) >= 11 is 0. The molecule has 0 aliphatic heterocycles. The zero-order valence-electron chi connectivity index (χ0n) is 14.5. The Morgan fingerprint density at radius 3 is 2.38 bits per heavy atom. The number of rotatable bonds is 5. The Labute approximate surface area is 148 Å². The molecule has 1 N–H and O–H groups in total. The zero-order valence-corrected chi connectivity index (χ0v) is 15.3. The van der Waals surface area contributed by atoms with Crippen LogP contribution in [0.4, 0.5) is 18.9 Å². The number of nitrogens with one attached hydrogen (secondary N) is 1. The van der Waals surface area contributed by atoms with Crippen LogP contribution in [-0.4, -0.2) is 42.5 Å². The van der Waals surface area contributed by atoms with Gasteiger partial charge >= 0.3 is 0 Å². The minimum atomic E-state index is -3.76. The van der Waals surface area contributed by atoms with E-state index in [1.54, 1.807) is 0 Å². The maximum Gasteiger partial charge on any atom is 0.246 e. The van der Waals surface area contributed by atoms with E-state index in [1.165, 1.54) is 27.9 Å². The van der Waals surface area contributed by atoms with E-state index in [0.717, 1.165) is 15.1 Å². The second-order valence-corrected chi connectivity index (χ2v) is 7.80. The molecule has 0 saturated heterocycles. The van der Waals surface area contributed by atoms with Crippen LogP contribution in [0.25, 0.3) is 0 Å². The summed E-state index contributed by atoms with van der Waals surface area (Å²) in [5.74, 6) is -5.39. The van der Waals surface area contributed by atoms with Crippen LogP contribution < -0.4 is 5.32 Å². The number of hydrogen-bond acceptors (Lipinski definition) is 4. The lowest BCUT2D eigenvalue weighted by molar-refractivity contribution is -0.117. The van der Waals surface area contributed by atoms with Crippen molar-refractivity contribution in [3.05, 3.63) is 41.0 Å². The van der Waals surface area contributed by atoms with E-state index in [2.05, 4.69) is 10.4 Å². The van der Waals surface area contributed by atoms with Gasteiger partial charge in [-0.3, -0.25) is 9.48 Å². The second kappa shape index (κ2) is 7.08. The number of amides is 1. The maximum absolute atomic E-state index is 13.6. The summed E-state index contributed by atoms with van der Waals surface area (Å²) in [6.45, 7) is 2.52. The van der Waals surface area contributed by atoms with E-state index in [1.807, 2.05) is 0 Å². The Kier molecular flexibility index (Phi) is 5.42. The molecule has 7 nitrogen and oxygen atoms in total. The molecule has 2 aromatic rings. The molecule has 1 heterocycles. The standard InChI is InChI=1S/C15H17F3N4O3S/c1-8-15(26(24,25)21(3)4)9(2)22(20-8)7-12(23)19-11-6-5-10(16)13(17)14(11)18/h5-6H,7H2,1-4H3,(H,19,23). The molecule has 0 fully saturated rings. The minimum absolute atomic E-state index is 0.0330. The SMILES string of the molecule is Cc1nn(CC(=O)Nc2ccc(F)c(F)c2F)c(C)c1S(=O)(=O)N(C)C. The fourth-order valence-corrected chi connectivity index (χ4v) is 3.60. The number of carbonyl (C=O) groups is 1. The first-order valence-corrected chi connectivity index (χ1v) is 8.80. The van der Waals surface area contributed by atoms with Crippen molar-refractivity contribution in [1.29, 1.82) is 0 Å². The van der Waals surface area contributed by atoms with Gasteiger partial charge in [0, 0.05) is 14.1 Å². The zero-order chi connectivity index (χ0) is 19.8. The molecule has 1 amide bonds. The summed E-state index contributed by atoms with van der Waals surface area (Å²) in [6.07, 6.45) is 0. The lowest BCUT2D eigenvalue weighted by Gasteiger charge is -2.12. The summed E-state index contributed by atoms with van der Waals surface area (Å²) in [7, 11) is -1.03. The summed E-state index contributed by atoms with van der Waals surface area (Å²) in [5, 5.41) is 6.12. The minimum Gasteiger partial charge on any atom is -0.322 e.